The minimum absolute atomic E-state index is 0.249. The van der Waals surface area contributed by atoms with Crippen LogP contribution in [0, 0.1) is 6.92 Å². The van der Waals surface area contributed by atoms with Crippen molar-refractivity contribution in [3.63, 3.8) is 0 Å². The van der Waals surface area contributed by atoms with Crippen molar-refractivity contribution in [3.8, 4) is 11.1 Å². The van der Waals surface area contributed by atoms with Gasteiger partial charge in [-0.3, -0.25) is 9.59 Å². The first-order chi connectivity index (χ1) is 16.1. The molecule has 3 N–H and O–H groups in total. The Balaban J connectivity index is 1.69. The topological polar surface area (TPSA) is 72.2 Å². The SMILES string of the molecule is Cc1ccc(C(=O)NCC(N)=O)cc1-c1cccc2cc(Cc3cccc(C(F)(F)F)c3)sc12. The van der Waals surface area contributed by atoms with Crippen LogP contribution in [0.2, 0.25) is 0 Å². The molecule has 0 fully saturated rings. The van der Waals surface area contributed by atoms with Crippen molar-refractivity contribution in [2.24, 2.45) is 5.73 Å². The largest absolute Gasteiger partial charge is 0.416 e. The van der Waals surface area contributed by atoms with Gasteiger partial charge in [0.15, 0.2) is 0 Å². The Bertz CT molecular complexity index is 1390. The number of carbonyl (C=O) groups is 2. The molecule has 4 rings (SSSR count). The molecular weight excluding hydrogens is 461 g/mol. The van der Waals surface area contributed by atoms with Crippen molar-refractivity contribution >= 4 is 33.2 Å². The summed E-state index contributed by atoms with van der Waals surface area (Å²) < 4.78 is 40.2. The first kappa shape index (κ1) is 23.5. The van der Waals surface area contributed by atoms with E-state index >= 15 is 0 Å². The van der Waals surface area contributed by atoms with E-state index in [0.29, 0.717) is 17.5 Å². The standard InChI is InChI=1S/C26H21F3N2O2S/c1-15-8-9-18(25(33)31-14-23(30)32)13-22(15)21-7-3-5-17-12-20(34-24(17)21)11-16-4-2-6-19(10-16)26(27,28)29/h2-10,12-13H,11,14H2,1H3,(H2,30,32)(H,31,33). The number of thiophene rings is 1. The average molecular weight is 483 g/mol. The van der Waals surface area contributed by atoms with Crippen LogP contribution < -0.4 is 11.1 Å². The van der Waals surface area contributed by atoms with Crippen LogP contribution in [0.25, 0.3) is 21.2 Å². The molecule has 3 aromatic carbocycles. The van der Waals surface area contributed by atoms with Crippen molar-refractivity contribution in [3.05, 3.63) is 93.9 Å². The van der Waals surface area contributed by atoms with Crippen molar-refractivity contribution < 1.29 is 22.8 Å². The number of hydrogen-bond acceptors (Lipinski definition) is 3. The lowest BCUT2D eigenvalue weighted by molar-refractivity contribution is -0.137. The zero-order valence-electron chi connectivity index (χ0n) is 18.2. The molecule has 0 saturated heterocycles. The van der Waals surface area contributed by atoms with E-state index in [9.17, 15) is 22.8 Å². The number of benzene rings is 3. The van der Waals surface area contributed by atoms with Gasteiger partial charge in [0.1, 0.15) is 0 Å². The molecule has 1 aromatic heterocycles. The maximum Gasteiger partial charge on any atom is 0.416 e. The number of carbonyl (C=O) groups excluding carboxylic acids is 2. The smallest absolute Gasteiger partial charge is 0.368 e. The highest BCUT2D eigenvalue weighted by Crippen LogP contribution is 2.38. The van der Waals surface area contributed by atoms with Crippen LogP contribution in [0.4, 0.5) is 13.2 Å². The summed E-state index contributed by atoms with van der Waals surface area (Å²) in [6.45, 7) is 1.69. The van der Waals surface area contributed by atoms with Crippen molar-refractivity contribution in [2.75, 3.05) is 6.54 Å². The Labute approximate surface area is 198 Å². The van der Waals surface area contributed by atoms with Gasteiger partial charge in [-0.15, -0.1) is 11.3 Å². The molecule has 0 atom stereocenters. The zero-order chi connectivity index (χ0) is 24.5. The van der Waals surface area contributed by atoms with Crippen LogP contribution in [0.15, 0.2) is 66.7 Å². The van der Waals surface area contributed by atoms with E-state index in [-0.39, 0.29) is 6.54 Å². The number of rotatable bonds is 6. The summed E-state index contributed by atoms with van der Waals surface area (Å²) in [5.41, 5.74) is 8.20. The highest BCUT2D eigenvalue weighted by Gasteiger charge is 2.30. The molecule has 174 valence electrons. The molecule has 0 aliphatic heterocycles. The third kappa shape index (κ3) is 5.12. The molecule has 0 aliphatic carbocycles. The van der Waals surface area contributed by atoms with E-state index in [4.69, 9.17) is 5.73 Å². The molecular formula is C26H21F3N2O2S. The Morgan fingerprint density at radius 1 is 0.971 bits per heavy atom. The summed E-state index contributed by atoms with van der Waals surface area (Å²) in [6, 6.07) is 18.5. The number of aryl methyl sites for hydroxylation is 1. The summed E-state index contributed by atoms with van der Waals surface area (Å²) in [7, 11) is 0. The van der Waals surface area contributed by atoms with E-state index in [1.165, 1.54) is 23.5 Å². The first-order valence-corrected chi connectivity index (χ1v) is 11.3. The quantitative estimate of drug-likeness (QED) is 0.370. The number of hydrogen-bond donors (Lipinski definition) is 2. The molecule has 4 nitrogen and oxygen atoms in total. The van der Waals surface area contributed by atoms with Gasteiger partial charge in [-0.25, -0.2) is 0 Å². The molecule has 0 saturated carbocycles. The van der Waals surface area contributed by atoms with Crippen LogP contribution in [0.5, 0.6) is 0 Å². The third-order valence-electron chi connectivity index (χ3n) is 5.44. The Hall–Kier alpha value is -3.65. The van der Waals surface area contributed by atoms with Gasteiger partial charge in [0.05, 0.1) is 12.1 Å². The summed E-state index contributed by atoms with van der Waals surface area (Å²) >= 11 is 1.52. The van der Waals surface area contributed by atoms with Gasteiger partial charge in [-0.1, -0.05) is 42.5 Å². The van der Waals surface area contributed by atoms with Gasteiger partial charge in [-0.2, -0.15) is 13.2 Å². The third-order valence-corrected chi connectivity index (χ3v) is 6.63. The van der Waals surface area contributed by atoms with Gasteiger partial charge in [0.25, 0.3) is 5.91 Å². The lowest BCUT2D eigenvalue weighted by atomic mass is 9.97. The number of nitrogens with one attached hydrogen (secondary N) is 1. The highest BCUT2D eigenvalue weighted by molar-refractivity contribution is 7.19. The summed E-state index contributed by atoms with van der Waals surface area (Å²) in [5, 5.41) is 3.47. The number of fused-ring (bicyclic) bond motifs is 1. The lowest BCUT2D eigenvalue weighted by Gasteiger charge is -2.10. The predicted octanol–water partition coefficient (Wildman–Crippen LogP) is 5.70. The molecule has 0 radical (unpaired) electrons. The van der Waals surface area contributed by atoms with Gasteiger partial charge in [-0.05, 0) is 58.8 Å². The fourth-order valence-electron chi connectivity index (χ4n) is 3.80. The number of nitrogens with two attached hydrogens (primary N) is 1. The van der Waals surface area contributed by atoms with Crippen molar-refractivity contribution in [1.29, 1.82) is 0 Å². The van der Waals surface area contributed by atoms with Gasteiger partial charge >= 0.3 is 6.18 Å². The summed E-state index contributed by atoms with van der Waals surface area (Å²) in [6.07, 6.45) is -3.99. The monoisotopic (exact) mass is 482 g/mol. The van der Waals surface area contributed by atoms with Crippen molar-refractivity contribution in [2.45, 2.75) is 19.5 Å². The maximum absolute atomic E-state index is 13.1. The molecule has 8 heteroatoms. The van der Waals surface area contributed by atoms with E-state index in [0.717, 1.165) is 37.7 Å². The van der Waals surface area contributed by atoms with Gasteiger partial charge in [0.2, 0.25) is 5.91 Å². The van der Waals surface area contributed by atoms with E-state index < -0.39 is 23.6 Å². The highest BCUT2D eigenvalue weighted by atomic mass is 32.1. The molecule has 4 aromatic rings. The molecule has 0 spiro atoms. The Kier molecular flexibility index (Phi) is 6.43. The fraction of sp³-hybridized carbons (Fsp3) is 0.154. The minimum atomic E-state index is -4.38. The van der Waals surface area contributed by atoms with E-state index in [1.54, 1.807) is 18.2 Å². The number of primary amides is 1. The second-order valence-electron chi connectivity index (χ2n) is 7.99. The zero-order valence-corrected chi connectivity index (χ0v) is 19.0. The fourth-order valence-corrected chi connectivity index (χ4v) is 5.02. The van der Waals surface area contributed by atoms with Crippen LogP contribution in [0.1, 0.15) is 31.9 Å². The second-order valence-corrected chi connectivity index (χ2v) is 9.13. The molecule has 0 bridgehead atoms. The molecule has 34 heavy (non-hydrogen) atoms. The minimum Gasteiger partial charge on any atom is -0.368 e. The van der Waals surface area contributed by atoms with Crippen LogP contribution in [-0.4, -0.2) is 18.4 Å². The van der Waals surface area contributed by atoms with Gasteiger partial charge < -0.3 is 11.1 Å². The number of amides is 2. The van der Waals surface area contributed by atoms with Crippen LogP contribution in [-0.2, 0) is 17.4 Å². The maximum atomic E-state index is 13.1. The average Bonchev–Trinajstić information content (AvgIpc) is 3.20. The second kappa shape index (κ2) is 9.30. The van der Waals surface area contributed by atoms with Crippen molar-refractivity contribution in [1.82, 2.24) is 5.32 Å². The van der Waals surface area contributed by atoms with Crippen LogP contribution in [0.3, 0.4) is 0 Å². The normalized spacial score (nSPS) is 11.5. The summed E-state index contributed by atoms with van der Waals surface area (Å²) in [5.74, 6) is -1.03. The van der Waals surface area contributed by atoms with Crippen LogP contribution >= 0.6 is 11.3 Å². The Morgan fingerprint density at radius 3 is 2.47 bits per heavy atom. The first-order valence-electron chi connectivity index (χ1n) is 10.5. The van der Waals surface area contributed by atoms with Gasteiger partial charge in [0, 0.05) is 21.6 Å². The molecule has 0 aliphatic rings. The van der Waals surface area contributed by atoms with E-state index in [2.05, 4.69) is 5.32 Å². The van der Waals surface area contributed by atoms with E-state index in [1.807, 2.05) is 37.3 Å². The number of halogens is 3. The summed E-state index contributed by atoms with van der Waals surface area (Å²) in [4.78, 5) is 24.3. The molecule has 2 amide bonds. The lowest BCUT2D eigenvalue weighted by Crippen LogP contribution is -2.33. The molecule has 0 unspecified atom stereocenters. The predicted molar refractivity (Wildman–Crippen MR) is 128 cm³/mol. The Morgan fingerprint density at radius 2 is 1.74 bits per heavy atom. The molecule has 1 heterocycles. The number of alkyl halides is 3.